The average molecular weight is 358 g/mol. The van der Waals surface area contributed by atoms with E-state index < -0.39 is 12.1 Å². The fraction of sp³-hybridized carbons (Fsp3) is 1.00. The molecule has 0 bridgehead atoms. The fourth-order valence-corrected chi connectivity index (χ4v) is 7.89. The van der Waals surface area contributed by atoms with Crippen molar-refractivity contribution < 1.29 is 18.3 Å². The summed E-state index contributed by atoms with van der Waals surface area (Å²) in [5.74, 6) is 2.66. The molecule has 0 aliphatic heterocycles. The first-order valence-electron chi connectivity index (χ1n) is 10.5. The Morgan fingerprint density at radius 2 is 1.68 bits per heavy atom. The third-order valence-corrected chi connectivity index (χ3v) is 9.09. The van der Waals surface area contributed by atoms with Crippen LogP contribution in [0.3, 0.4) is 0 Å². The highest BCUT2D eigenvalue weighted by Gasteiger charge is 2.57. The Hall–Kier alpha value is -0.250. The van der Waals surface area contributed by atoms with Gasteiger partial charge in [-0.1, -0.05) is 6.92 Å². The Bertz CT molecular complexity index is 490. The molecule has 144 valence electrons. The molecule has 4 rings (SSSR count). The van der Waals surface area contributed by atoms with Crippen LogP contribution in [0.15, 0.2) is 0 Å². The molecule has 1 nitrogen and oxygen atoms in total. The Morgan fingerprint density at radius 3 is 2.40 bits per heavy atom. The summed E-state index contributed by atoms with van der Waals surface area (Å²) in [6.45, 7) is 2.75. The van der Waals surface area contributed by atoms with Crippen LogP contribution in [0.1, 0.15) is 71.1 Å². The number of aliphatic hydroxyl groups excluding tert-OH is 1. The monoisotopic (exact) mass is 358 g/mol. The maximum absolute atomic E-state index is 13.2. The van der Waals surface area contributed by atoms with Gasteiger partial charge in [-0.2, -0.15) is 13.2 Å². The minimum Gasteiger partial charge on any atom is -0.396 e. The molecule has 4 heteroatoms. The van der Waals surface area contributed by atoms with Crippen molar-refractivity contribution in [2.24, 2.45) is 46.8 Å². The SMILES string of the molecule is C[C@]12CCC3[C@@H](CC[C@@H]4CC(C(F)(F)F)CC[C@H]34)C1CCC2CCO. The van der Waals surface area contributed by atoms with Gasteiger partial charge in [0.25, 0.3) is 0 Å². The number of fused-ring (bicyclic) bond motifs is 5. The summed E-state index contributed by atoms with van der Waals surface area (Å²) in [7, 11) is 0. The highest BCUT2D eigenvalue weighted by molar-refractivity contribution is 5.06. The number of hydrogen-bond donors (Lipinski definition) is 1. The minimum absolute atomic E-state index is 0.296. The normalized spacial score (nSPS) is 50.0. The third-order valence-electron chi connectivity index (χ3n) is 9.09. The van der Waals surface area contributed by atoms with Crippen LogP contribution in [-0.2, 0) is 0 Å². The van der Waals surface area contributed by atoms with Crippen molar-refractivity contribution in [3.63, 3.8) is 0 Å². The highest BCUT2D eigenvalue weighted by Crippen LogP contribution is 2.65. The van der Waals surface area contributed by atoms with E-state index >= 15 is 0 Å². The molecule has 8 atom stereocenters. The molecular weight excluding hydrogens is 325 g/mol. The molecule has 0 aromatic rings. The van der Waals surface area contributed by atoms with Crippen molar-refractivity contribution in [2.75, 3.05) is 6.61 Å². The van der Waals surface area contributed by atoms with Gasteiger partial charge in [-0.05, 0) is 105 Å². The molecule has 0 heterocycles. The molecule has 0 spiro atoms. The van der Waals surface area contributed by atoms with Crippen LogP contribution in [0.5, 0.6) is 0 Å². The molecule has 4 fully saturated rings. The number of hydrogen-bond acceptors (Lipinski definition) is 1. The largest absolute Gasteiger partial charge is 0.396 e. The van der Waals surface area contributed by atoms with Crippen molar-refractivity contribution in [1.82, 2.24) is 0 Å². The average Bonchev–Trinajstić information content (AvgIpc) is 2.90. The summed E-state index contributed by atoms with van der Waals surface area (Å²) in [5, 5.41) is 9.42. The lowest BCUT2D eigenvalue weighted by Crippen LogP contribution is -2.49. The van der Waals surface area contributed by atoms with Gasteiger partial charge in [-0.25, -0.2) is 0 Å². The summed E-state index contributed by atoms with van der Waals surface area (Å²) in [4.78, 5) is 0. The van der Waals surface area contributed by atoms with Crippen molar-refractivity contribution in [1.29, 1.82) is 0 Å². The second-order valence-electron chi connectivity index (χ2n) is 9.82. The molecule has 0 amide bonds. The van der Waals surface area contributed by atoms with Gasteiger partial charge in [0, 0.05) is 6.61 Å². The van der Waals surface area contributed by atoms with Gasteiger partial charge in [-0.3, -0.25) is 0 Å². The van der Waals surface area contributed by atoms with E-state index in [1.165, 1.54) is 25.7 Å². The van der Waals surface area contributed by atoms with Crippen LogP contribution in [0.25, 0.3) is 0 Å². The summed E-state index contributed by atoms with van der Waals surface area (Å²) >= 11 is 0. The Morgan fingerprint density at radius 1 is 0.920 bits per heavy atom. The van der Waals surface area contributed by atoms with Crippen LogP contribution >= 0.6 is 0 Å². The lowest BCUT2D eigenvalue weighted by Gasteiger charge is -2.56. The Balaban J connectivity index is 1.48. The summed E-state index contributed by atoms with van der Waals surface area (Å²) in [6.07, 6.45) is 5.67. The summed E-state index contributed by atoms with van der Waals surface area (Å²) in [6, 6.07) is 0. The lowest BCUT2D eigenvalue weighted by atomic mass is 9.49. The first-order chi connectivity index (χ1) is 11.8. The highest BCUT2D eigenvalue weighted by atomic mass is 19.4. The summed E-state index contributed by atoms with van der Waals surface area (Å²) < 4.78 is 39.5. The summed E-state index contributed by atoms with van der Waals surface area (Å²) in [5.41, 5.74) is 0.375. The standard InChI is InChI=1S/C21H33F3O/c1-20-10-8-17-16-6-3-15(21(22,23)24)12-13(16)2-5-18(17)19(20)7-4-14(20)9-11-25/h13-19,25H,2-12H2,1H3/t13-,14?,15?,16+,17?,18-,19?,20-/m1/s1. The third kappa shape index (κ3) is 2.95. The molecule has 4 unspecified atom stereocenters. The van der Waals surface area contributed by atoms with Crippen molar-refractivity contribution >= 4 is 0 Å². The Labute approximate surface area is 149 Å². The molecule has 4 aliphatic carbocycles. The predicted octanol–water partition coefficient (Wildman–Crippen LogP) is 5.82. The van der Waals surface area contributed by atoms with Crippen molar-refractivity contribution in [3.05, 3.63) is 0 Å². The Kier molecular flexibility index (Phi) is 4.66. The minimum atomic E-state index is -3.99. The van der Waals surface area contributed by atoms with Gasteiger partial charge in [0.1, 0.15) is 0 Å². The van der Waals surface area contributed by atoms with Crippen LogP contribution in [0, 0.1) is 46.8 Å². The molecule has 4 saturated carbocycles. The molecule has 0 aromatic carbocycles. The predicted molar refractivity (Wildman–Crippen MR) is 91.8 cm³/mol. The molecule has 1 N–H and O–H groups in total. The van der Waals surface area contributed by atoms with E-state index in [1.807, 2.05) is 0 Å². The first kappa shape index (κ1) is 18.1. The van der Waals surface area contributed by atoms with Crippen molar-refractivity contribution in [3.8, 4) is 0 Å². The van der Waals surface area contributed by atoms with E-state index in [-0.39, 0.29) is 0 Å². The van der Waals surface area contributed by atoms with E-state index in [9.17, 15) is 18.3 Å². The maximum atomic E-state index is 13.2. The second kappa shape index (κ2) is 6.42. The molecule has 0 radical (unpaired) electrons. The smallest absolute Gasteiger partial charge is 0.391 e. The quantitative estimate of drug-likeness (QED) is 0.660. The topological polar surface area (TPSA) is 20.2 Å². The van der Waals surface area contributed by atoms with Gasteiger partial charge in [0.05, 0.1) is 5.92 Å². The molecular formula is C21H33F3O. The van der Waals surface area contributed by atoms with Gasteiger partial charge >= 0.3 is 6.18 Å². The zero-order chi connectivity index (χ0) is 17.8. The number of alkyl halides is 3. The zero-order valence-electron chi connectivity index (χ0n) is 15.4. The van der Waals surface area contributed by atoms with Gasteiger partial charge in [-0.15, -0.1) is 0 Å². The molecule has 4 aliphatic rings. The van der Waals surface area contributed by atoms with E-state index in [4.69, 9.17) is 0 Å². The van der Waals surface area contributed by atoms with Gasteiger partial charge in [0.15, 0.2) is 0 Å². The first-order valence-corrected chi connectivity index (χ1v) is 10.5. The van der Waals surface area contributed by atoms with Gasteiger partial charge < -0.3 is 5.11 Å². The van der Waals surface area contributed by atoms with Crippen molar-refractivity contribution in [2.45, 2.75) is 77.3 Å². The van der Waals surface area contributed by atoms with E-state index in [0.717, 1.165) is 37.5 Å². The van der Waals surface area contributed by atoms with Crippen LogP contribution < -0.4 is 0 Å². The zero-order valence-corrected chi connectivity index (χ0v) is 15.4. The van der Waals surface area contributed by atoms with E-state index in [1.54, 1.807) is 0 Å². The molecule has 25 heavy (non-hydrogen) atoms. The molecule has 0 saturated heterocycles. The lowest BCUT2D eigenvalue weighted by molar-refractivity contribution is -0.196. The number of rotatable bonds is 2. The molecule has 0 aromatic heterocycles. The second-order valence-corrected chi connectivity index (χ2v) is 9.82. The van der Waals surface area contributed by atoms with Gasteiger partial charge in [0.2, 0.25) is 0 Å². The van der Waals surface area contributed by atoms with Crippen LogP contribution in [0.2, 0.25) is 0 Å². The fourth-order valence-electron chi connectivity index (χ4n) is 7.89. The maximum Gasteiger partial charge on any atom is 0.391 e. The van der Waals surface area contributed by atoms with Crippen LogP contribution in [0.4, 0.5) is 13.2 Å². The number of halogens is 3. The van der Waals surface area contributed by atoms with E-state index in [0.29, 0.717) is 48.5 Å². The number of aliphatic hydroxyl groups is 1. The van der Waals surface area contributed by atoms with E-state index in [2.05, 4.69) is 6.92 Å². The van der Waals surface area contributed by atoms with Crippen LogP contribution in [-0.4, -0.2) is 17.9 Å².